The minimum absolute atomic E-state index is 0.138. The van der Waals surface area contributed by atoms with Gasteiger partial charge in [-0.3, -0.25) is 9.59 Å². The highest BCUT2D eigenvalue weighted by Crippen LogP contribution is 2.15. The van der Waals surface area contributed by atoms with Crippen LogP contribution in [-0.4, -0.2) is 22.8 Å². The lowest BCUT2D eigenvalue weighted by Gasteiger charge is -2.12. The van der Waals surface area contributed by atoms with Crippen molar-refractivity contribution in [2.75, 3.05) is 0 Å². The van der Waals surface area contributed by atoms with Crippen molar-refractivity contribution in [2.45, 2.75) is 77.0 Å². The van der Waals surface area contributed by atoms with Crippen LogP contribution in [0.1, 0.15) is 76.2 Å². The first-order valence-electron chi connectivity index (χ1n) is 9.24. The molecule has 25 heavy (non-hydrogen) atoms. The number of rotatable bonds is 12. The zero-order chi connectivity index (χ0) is 17.9. The maximum absolute atomic E-state index is 11.6. The van der Waals surface area contributed by atoms with E-state index in [1.54, 1.807) is 11.3 Å². The molecule has 1 aliphatic heterocycles. The van der Waals surface area contributed by atoms with Crippen molar-refractivity contribution >= 4 is 29.1 Å². The fourth-order valence-corrected chi connectivity index (χ4v) is 3.60. The number of nitrogens with zero attached hydrogens (tertiary/aromatic N) is 1. The van der Waals surface area contributed by atoms with Crippen LogP contribution in [0.5, 0.6) is 0 Å². The third-order valence-electron chi connectivity index (χ3n) is 4.38. The van der Waals surface area contributed by atoms with Crippen molar-refractivity contribution in [2.24, 2.45) is 0 Å². The first-order valence-corrected chi connectivity index (χ1v) is 10.2. The average molecular weight is 365 g/mol. The Morgan fingerprint density at radius 3 is 2.16 bits per heavy atom. The molecular weight excluding hydrogens is 338 g/mol. The van der Waals surface area contributed by atoms with Gasteiger partial charge in [-0.2, -0.15) is 11.3 Å². The number of thiophene rings is 1. The first-order chi connectivity index (χ1) is 12.2. The van der Waals surface area contributed by atoms with E-state index in [2.05, 4.69) is 16.8 Å². The standard InChI is InChI=1S/C19H27NO4S/c21-17-11-12-18(22)20(17)24-19(23)10-8-6-4-2-1-3-5-7-9-16-13-14-25-15-16/h13-15H,1-12H2. The molecule has 0 saturated carbocycles. The number of hydrogen-bond acceptors (Lipinski definition) is 5. The van der Waals surface area contributed by atoms with Crippen LogP contribution in [-0.2, 0) is 25.6 Å². The molecule has 6 heteroatoms. The van der Waals surface area contributed by atoms with Crippen molar-refractivity contribution in [3.05, 3.63) is 22.4 Å². The summed E-state index contributed by atoms with van der Waals surface area (Å²) < 4.78 is 0. The Morgan fingerprint density at radius 2 is 1.56 bits per heavy atom. The van der Waals surface area contributed by atoms with Gasteiger partial charge in [-0.15, -0.1) is 5.06 Å². The molecule has 0 spiro atoms. The van der Waals surface area contributed by atoms with Crippen molar-refractivity contribution in [1.29, 1.82) is 0 Å². The van der Waals surface area contributed by atoms with E-state index in [-0.39, 0.29) is 19.3 Å². The summed E-state index contributed by atoms with van der Waals surface area (Å²) in [4.78, 5) is 39.1. The monoisotopic (exact) mass is 365 g/mol. The van der Waals surface area contributed by atoms with E-state index in [9.17, 15) is 14.4 Å². The highest BCUT2D eigenvalue weighted by atomic mass is 32.1. The Balaban J connectivity index is 1.38. The van der Waals surface area contributed by atoms with Crippen LogP contribution in [0.15, 0.2) is 16.8 Å². The van der Waals surface area contributed by atoms with Crippen molar-refractivity contribution < 1.29 is 19.2 Å². The lowest BCUT2D eigenvalue weighted by atomic mass is 10.1. The summed E-state index contributed by atoms with van der Waals surface area (Å²) >= 11 is 1.76. The van der Waals surface area contributed by atoms with Gasteiger partial charge in [-0.25, -0.2) is 4.79 Å². The Bertz CT molecular complexity index is 540. The molecule has 2 rings (SSSR count). The van der Waals surface area contributed by atoms with E-state index in [4.69, 9.17) is 4.84 Å². The number of carbonyl (C=O) groups excluding carboxylic acids is 3. The molecule has 1 aromatic heterocycles. The average Bonchev–Trinajstić information content (AvgIpc) is 3.22. The van der Waals surface area contributed by atoms with Gasteiger partial charge in [-0.05, 0) is 41.7 Å². The van der Waals surface area contributed by atoms with Gasteiger partial charge in [-0.1, -0.05) is 38.5 Å². The molecule has 0 bridgehead atoms. The normalized spacial score (nSPS) is 14.3. The molecule has 0 N–H and O–H groups in total. The van der Waals surface area contributed by atoms with Crippen LogP contribution >= 0.6 is 11.3 Å². The highest BCUT2D eigenvalue weighted by Gasteiger charge is 2.32. The number of amides is 2. The minimum Gasteiger partial charge on any atom is -0.330 e. The zero-order valence-corrected chi connectivity index (χ0v) is 15.5. The number of hydroxylamine groups is 2. The molecule has 1 fully saturated rings. The summed E-state index contributed by atoms with van der Waals surface area (Å²) in [5.74, 6) is -1.33. The van der Waals surface area contributed by atoms with E-state index in [0.29, 0.717) is 5.06 Å². The van der Waals surface area contributed by atoms with Crippen LogP contribution in [0.25, 0.3) is 0 Å². The van der Waals surface area contributed by atoms with E-state index < -0.39 is 17.8 Å². The van der Waals surface area contributed by atoms with Crippen molar-refractivity contribution in [3.8, 4) is 0 Å². The molecule has 0 atom stereocenters. The summed E-state index contributed by atoms with van der Waals surface area (Å²) in [5, 5.41) is 4.98. The van der Waals surface area contributed by atoms with Crippen LogP contribution < -0.4 is 0 Å². The topological polar surface area (TPSA) is 63.7 Å². The van der Waals surface area contributed by atoms with Crippen molar-refractivity contribution in [3.63, 3.8) is 0 Å². The molecule has 1 aromatic rings. The molecule has 0 unspecified atom stereocenters. The van der Waals surface area contributed by atoms with E-state index in [1.165, 1.54) is 44.1 Å². The molecule has 1 saturated heterocycles. The smallest absolute Gasteiger partial charge is 0.330 e. The second-order valence-electron chi connectivity index (χ2n) is 6.51. The fraction of sp³-hybridized carbons (Fsp3) is 0.632. The summed E-state index contributed by atoms with van der Waals surface area (Å²) in [5.41, 5.74) is 1.45. The van der Waals surface area contributed by atoms with Gasteiger partial charge in [0.25, 0.3) is 11.8 Å². The highest BCUT2D eigenvalue weighted by molar-refractivity contribution is 7.07. The maximum atomic E-state index is 11.6. The summed E-state index contributed by atoms with van der Waals surface area (Å²) in [7, 11) is 0. The van der Waals surface area contributed by atoms with Crippen LogP contribution in [0.4, 0.5) is 0 Å². The molecule has 0 radical (unpaired) electrons. The predicted octanol–water partition coefficient (Wildman–Crippen LogP) is 4.41. The van der Waals surface area contributed by atoms with Gasteiger partial charge in [0.1, 0.15) is 0 Å². The van der Waals surface area contributed by atoms with Gasteiger partial charge < -0.3 is 4.84 Å². The minimum atomic E-state index is -0.489. The third-order valence-corrected chi connectivity index (χ3v) is 5.11. The first kappa shape index (κ1) is 19.6. The summed E-state index contributed by atoms with van der Waals surface area (Å²) in [6, 6.07) is 2.20. The van der Waals surface area contributed by atoms with Gasteiger partial charge in [0.15, 0.2) is 0 Å². The summed E-state index contributed by atoms with van der Waals surface area (Å²) in [6.45, 7) is 0. The molecule has 1 aliphatic rings. The van der Waals surface area contributed by atoms with Gasteiger partial charge in [0, 0.05) is 19.3 Å². The number of hydrogen-bond donors (Lipinski definition) is 0. The Labute approximate surface area is 153 Å². The van der Waals surface area contributed by atoms with Gasteiger partial charge in [0.05, 0.1) is 0 Å². The van der Waals surface area contributed by atoms with E-state index in [1.807, 2.05) is 0 Å². The lowest BCUT2D eigenvalue weighted by Crippen LogP contribution is -2.31. The molecule has 2 amide bonds. The number of unbranched alkanes of at least 4 members (excludes halogenated alkanes) is 7. The van der Waals surface area contributed by atoms with Gasteiger partial charge >= 0.3 is 5.97 Å². The molecule has 5 nitrogen and oxygen atoms in total. The van der Waals surface area contributed by atoms with Gasteiger partial charge in [0.2, 0.25) is 0 Å². The second kappa shape index (κ2) is 11.0. The SMILES string of the molecule is O=C(CCCCCCCCCCc1ccsc1)ON1C(=O)CCC1=O. The van der Waals surface area contributed by atoms with E-state index in [0.717, 1.165) is 19.3 Å². The summed E-state index contributed by atoms with van der Waals surface area (Å²) in [6.07, 6.45) is 10.8. The molecule has 0 aliphatic carbocycles. The number of imide groups is 1. The second-order valence-corrected chi connectivity index (χ2v) is 7.29. The Hall–Kier alpha value is -1.69. The fourth-order valence-electron chi connectivity index (χ4n) is 2.90. The van der Waals surface area contributed by atoms with Crippen LogP contribution in [0.3, 0.4) is 0 Å². The van der Waals surface area contributed by atoms with Crippen molar-refractivity contribution in [1.82, 2.24) is 5.06 Å². The Morgan fingerprint density at radius 1 is 0.960 bits per heavy atom. The van der Waals surface area contributed by atoms with Crippen LogP contribution in [0, 0.1) is 0 Å². The van der Waals surface area contributed by atoms with Crippen LogP contribution in [0.2, 0.25) is 0 Å². The molecular formula is C19H27NO4S. The molecule has 138 valence electrons. The molecule has 0 aromatic carbocycles. The van der Waals surface area contributed by atoms with E-state index >= 15 is 0 Å². The maximum Gasteiger partial charge on any atom is 0.333 e. The number of carbonyl (C=O) groups is 3. The zero-order valence-electron chi connectivity index (χ0n) is 14.7. The number of aryl methyl sites for hydroxylation is 1. The molecule has 2 heterocycles. The predicted molar refractivity (Wildman–Crippen MR) is 96.8 cm³/mol. The quantitative estimate of drug-likeness (QED) is 0.406. The lowest BCUT2D eigenvalue weighted by molar-refractivity contribution is -0.197. The Kier molecular flexibility index (Phi) is 8.66. The largest absolute Gasteiger partial charge is 0.333 e. The third kappa shape index (κ3) is 7.38.